The van der Waals surface area contributed by atoms with Crippen LogP contribution in [0.5, 0.6) is 0 Å². The number of nitrogen functional groups attached to an aromatic ring is 1. The summed E-state index contributed by atoms with van der Waals surface area (Å²) in [6, 6.07) is -0.175. The monoisotopic (exact) mass is 458 g/mol. The second-order valence-corrected chi connectivity index (χ2v) is 7.84. The summed E-state index contributed by atoms with van der Waals surface area (Å²) in [4.78, 5) is 38.3. The van der Waals surface area contributed by atoms with Gasteiger partial charge in [-0.25, -0.2) is 19.7 Å². The predicted octanol–water partition coefficient (Wildman–Crippen LogP) is -1.68. The van der Waals surface area contributed by atoms with E-state index in [1.807, 2.05) is 6.92 Å². The number of rotatable bonds is 5. The molecule has 0 aromatic carbocycles. The number of aromatic nitrogens is 4. The maximum atomic E-state index is 12.4. The third-order valence-corrected chi connectivity index (χ3v) is 5.50. The Bertz CT molecular complexity index is 1120. The molecule has 13 heteroatoms. The summed E-state index contributed by atoms with van der Waals surface area (Å²) in [7, 11) is 1.54. The molecular weight excluding hydrogens is 432 g/mol. The number of carbonyl (C=O) groups excluding carboxylic acids is 2. The SMILES string of the molecule is CCN(CC#Cc1nc(N)c2ncn([C@@H]3O[C@H](C(=O)NC4CC4)[C@H](O)[C@@H]3O)c2n1)C(=O)NC. The number of hydrogen-bond donors (Lipinski definition) is 5. The van der Waals surface area contributed by atoms with Crippen LogP contribution in [0.4, 0.5) is 10.6 Å². The van der Waals surface area contributed by atoms with E-state index in [9.17, 15) is 19.8 Å². The van der Waals surface area contributed by atoms with E-state index in [0.717, 1.165) is 12.8 Å². The second-order valence-electron chi connectivity index (χ2n) is 7.84. The quantitative estimate of drug-likeness (QED) is 0.327. The molecule has 1 saturated heterocycles. The number of hydrogen-bond acceptors (Lipinski definition) is 9. The normalized spacial score (nSPS) is 24.2. The van der Waals surface area contributed by atoms with Gasteiger partial charge in [0.05, 0.1) is 12.9 Å². The van der Waals surface area contributed by atoms with Gasteiger partial charge in [0.25, 0.3) is 5.91 Å². The summed E-state index contributed by atoms with van der Waals surface area (Å²) in [6.45, 7) is 2.46. The number of anilines is 1. The molecule has 1 aliphatic heterocycles. The molecule has 1 saturated carbocycles. The largest absolute Gasteiger partial charge is 0.387 e. The molecule has 0 bridgehead atoms. The van der Waals surface area contributed by atoms with Crippen LogP contribution in [0.25, 0.3) is 11.2 Å². The fourth-order valence-corrected chi connectivity index (χ4v) is 3.50. The highest BCUT2D eigenvalue weighted by Gasteiger charge is 2.48. The van der Waals surface area contributed by atoms with Crippen LogP contribution in [-0.4, -0.2) is 91.1 Å². The first-order valence-corrected chi connectivity index (χ1v) is 10.6. The molecule has 4 atom stereocenters. The van der Waals surface area contributed by atoms with E-state index in [1.54, 1.807) is 0 Å². The Hall–Kier alpha value is -3.47. The van der Waals surface area contributed by atoms with Crippen LogP contribution in [0.3, 0.4) is 0 Å². The molecule has 3 amide bonds. The third-order valence-electron chi connectivity index (χ3n) is 5.50. The van der Waals surface area contributed by atoms with Crippen LogP contribution in [0.15, 0.2) is 6.33 Å². The van der Waals surface area contributed by atoms with Gasteiger partial charge in [-0.05, 0) is 25.7 Å². The van der Waals surface area contributed by atoms with Crippen molar-refractivity contribution < 1.29 is 24.5 Å². The Balaban J connectivity index is 1.58. The number of nitrogens with zero attached hydrogens (tertiary/aromatic N) is 5. The fraction of sp³-hybridized carbons (Fsp3) is 0.550. The molecule has 13 nitrogen and oxygen atoms in total. The minimum absolute atomic E-state index is 0.0674. The minimum Gasteiger partial charge on any atom is -0.387 e. The van der Waals surface area contributed by atoms with Crippen molar-refractivity contribution >= 4 is 28.9 Å². The first-order valence-electron chi connectivity index (χ1n) is 10.6. The van der Waals surface area contributed by atoms with Crippen LogP contribution >= 0.6 is 0 Å². The molecule has 3 heterocycles. The number of aliphatic hydroxyl groups excluding tert-OH is 2. The molecule has 2 aromatic heterocycles. The molecule has 0 radical (unpaired) electrons. The zero-order chi connectivity index (χ0) is 23.7. The number of nitrogens with one attached hydrogen (secondary N) is 2. The fourth-order valence-electron chi connectivity index (χ4n) is 3.50. The number of amides is 3. The minimum atomic E-state index is -1.42. The van der Waals surface area contributed by atoms with Crippen LogP contribution in [0.1, 0.15) is 31.8 Å². The lowest BCUT2D eigenvalue weighted by molar-refractivity contribution is -0.137. The van der Waals surface area contributed by atoms with E-state index >= 15 is 0 Å². The van der Waals surface area contributed by atoms with Gasteiger partial charge in [-0.1, -0.05) is 5.92 Å². The van der Waals surface area contributed by atoms with Gasteiger partial charge in [-0.3, -0.25) is 9.36 Å². The predicted molar refractivity (Wildman–Crippen MR) is 115 cm³/mol. The van der Waals surface area contributed by atoms with Crippen molar-refractivity contribution in [2.75, 3.05) is 25.9 Å². The lowest BCUT2D eigenvalue weighted by Gasteiger charge is -2.16. The van der Waals surface area contributed by atoms with Crippen molar-refractivity contribution in [1.29, 1.82) is 0 Å². The van der Waals surface area contributed by atoms with Gasteiger partial charge < -0.3 is 36.2 Å². The number of carbonyl (C=O) groups is 2. The van der Waals surface area contributed by atoms with Gasteiger partial charge in [0.15, 0.2) is 23.8 Å². The van der Waals surface area contributed by atoms with Crippen molar-refractivity contribution in [2.45, 2.75) is 50.3 Å². The highest BCUT2D eigenvalue weighted by Crippen LogP contribution is 2.33. The van der Waals surface area contributed by atoms with E-state index in [1.165, 1.54) is 22.8 Å². The topological polar surface area (TPSA) is 181 Å². The highest BCUT2D eigenvalue weighted by molar-refractivity contribution is 5.83. The lowest BCUT2D eigenvalue weighted by atomic mass is 10.1. The summed E-state index contributed by atoms with van der Waals surface area (Å²) in [6.07, 6.45) is -2.05. The number of imidazole rings is 1. The molecular formula is C20H26N8O5. The maximum absolute atomic E-state index is 12.4. The number of nitrogens with two attached hydrogens (primary N) is 1. The average molecular weight is 458 g/mol. The average Bonchev–Trinajstić information content (AvgIpc) is 3.43. The van der Waals surface area contributed by atoms with E-state index in [4.69, 9.17) is 10.5 Å². The van der Waals surface area contributed by atoms with E-state index in [0.29, 0.717) is 6.54 Å². The molecule has 1 aliphatic carbocycles. The van der Waals surface area contributed by atoms with Gasteiger partial charge in [-0.2, -0.15) is 0 Å². The summed E-state index contributed by atoms with van der Waals surface area (Å²) in [5.41, 5.74) is 6.50. The zero-order valence-corrected chi connectivity index (χ0v) is 18.2. The van der Waals surface area contributed by atoms with E-state index in [2.05, 4.69) is 37.4 Å². The van der Waals surface area contributed by atoms with Crippen molar-refractivity contribution in [3.63, 3.8) is 0 Å². The molecule has 2 aromatic rings. The first-order chi connectivity index (χ1) is 15.8. The Morgan fingerprint density at radius 1 is 1.33 bits per heavy atom. The third kappa shape index (κ3) is 4.54. The number of aliphatic hydroxyl groups is 2. The number of urea groups is 1. The first kappa shape index (κ1) is 22.7. The van der Waals surface area contributed by atoms with Crippen molar-refractivity contribution in [2.24, 2.45) is 0 Å². The van der Waals surface area contributed by atoms with Crippen LogP contribution in [0, 0.1) is 11.8 Å². The molecule has 2 aliphatic rings. The maximum Gasteiger partial charge on any atom is 0.317 e. The second kappa shape index (κ2) is 9.18. The molecule has 6 N–H and O–H groups in total. The van der Waals surface area contributed by atoms with Crippen LogP contribution in [0.2, 0.25) is 0 Å². The molecule has 2 fully saturated rings. The van der Waals surface area contributed by atoms with Crippen LogP contribution < -0.4 is 16.4 Å². The Labute approximate surface area is 189 Å². The Morgan fingerprint density at radius 2 is 2.09 bits per heavy atom. The van der Waals surface area contributed by atoms with Gasteiger partial charge in [0.1, 0.15) is 17.7 Å². The number of ether oxygens (including phenoxy) is 1. The standard InChI is InChI=1S/C20H26N8O5/c1-3-27(20(32)22-2)8-4-5-11-25-16(21)12-17(26-11)28(9-23-12)19-14(30)13(29)15(33-19)18(31)24-10-6-7-10/h9-10,13-15,19,29-30H,3,6-8H2,1-2H3,(H,22,32)(H,24,31)(H2,21,25,26)/t13-,14+,15+,19-/m1/s1. The van der Waals surface area contributed by atoms with Gasteiger partial charge in [-0.15, -0.1) is 0 Å². The Morgan fingerprint density at radius 3 is 2.76 bits per heavy atom. The molecule has 4 rings (SSSR count). The zero-order valence-electron chi connectivity index (χ0n) is 18.2. The van der Waals surface area contributed by atoms with Crippen LogP contribution in [-0.2, 0) is 9.53 Å². The summed E-state index contributed by atoms with van der Waals surface area (Å²) in [5, 5.41) is 26.2. The highest BCUT2D eigenvalue weighted by atomic mass is 16.6. The smallest absolute Gasteiger partial charge is 0.317 e. The summed E-state index contributed by atoms with van der Waals surface area (Å²) >= 11 is 0. The van der Waals surface area contributed by atoms with Crippen molar-refractivity contribution in [3.05, 3.63) is 12.2 Å². The molecule has 176 valence electrons. The van der Waals surface area contributed by atoms with Gasteiger partial charge in [0.2, 0.25) is 5.82 Å². The molecule has 0 unspecified atom stereocenters. The summed E-state index contributed by atoms with van der Waals surface area (Å²) < 4.78 is 7.09. The lowest BCUT2D eigenvalue weighted by Crippen LogP contribution is -2.43. The van der Waals surface area contributed by atoms with Gasteiger partial charge >= 0.3 is 6.03 Å². The summed E-state index contributed by atoms with van der Waals surface area (Å²) in [5.74, 6) is 5.28. The number of fused-ring (bicyclic) bond motifs is 1. The van der Waals surface area contributed by atoms with E-state index in [-0.39, 0.29) is 41.4 Å². The van der Waals surface area contributed by atoms with Gasteiger partial charge in [0, 0.05) is 19.6 Å². The molecule has 33 heavy (non-hydrogen) atoms. The van der Waals surface area contributed by atoms with Crippen molar-refractivity contribution in [3.8, 4) is 11.8 Å². The van der Waals surface area contributed by atoms with E-state index < -0.39 is 30.4 Å². The Kier molecular flexibility index (Phi) is 6.32. The molecule has 0 spiro atoms. The van der Waals surface area contributed by atoms with Crippen molar-refractivity contribution in [1.82, 2.24) is 35.1 Å².